The second kappa shape index (κ2) is 11.2. The molecule has 2 N–H and O–H groups in total. The van der Waals surface area contributed by atoms with E-state index in [-0.39, 0.29) is 12.5 Å². The number of methoxy groups -OCH3 is 2. The van der Waals surface area contributed by atoms with E-state index in [2.05, 4.69) is 15.4 Å². The Morgan fingerprint density at radius 3 is 2.50 bits per heavy atom. The second-order valence-corrected chi connectivity index (χ2v) is 4.21. The molecule has 116 valence electrons. The molecule has 8 nitrogen and oxygen atoms in total. The van der Waals surface area contributed by atoms with Gasteiger partial charge < -0.3 is 14.8 Å². The maximum Gasteiger partial charge on any atom is 0.321 e. The molecule has 0 saturated carbocycles. The number of ether oxygens (including phenoxy) is 2. The van der Waals surface area contributed by atoms with Crippen LogP contribution in [0.4, 0.5) is 4.79 Å². The maximum atomic E-state index is 11.5. The summed E-state index contributed by atoms with van der Waals surface area (Å²) in [6.07, 6.45) is 0.899. The van der Waals surface area contributed by atoms with Crippen LogP contribution in [0, 0.1) is 0 Å². The van der Waals surface area contributed by atoms with Gasteiger partial charge >= 0.3 is 12.0 Å². The van der Waals surface area contributed by atoms with Crippen molar-refractivity contribution in [3.63, 3.8) is 0 Å². The number of hydrogen-bond acceptors (Lipinski definition) is 6. The van der Waals surface area contributed by atoms with Crippen LogP contribution in [0.15, 0.2) is 0 Å². The summed E-state index contributed by atoms with van der Waals surface area (Å²) in [5.41, 5.74) is 0. The van der Waals surface area contributed by atoms with Crippen LogP contribution in [0.25, 0.3) is 0 Å². The zero-order chi connectivity index (χ0) is 15.4. The van der Waals surface area contributed by atoms with E-state index < -0.39 is 11.9 Å². The van der Waals surface area contributed by atoms with E-state index in [0.717, 1.165) is 0 Å². The van der Waals surface area contributed by atoms with Crippen LogP contribution in [0.5, 0.6) is 0 Å². The molecule has 0 aliphatic rings. The van der Waals surface area contributed by atoms with Gasteiger partial charge in [-0.1, -0.05) is 0 Å². The smallest absolute Gasteiger partial charge is 0.321 e. The third kappa shape index (κ3) is 10.3. The fourth-order valence-electron chi connectivity index (χ4n) is 1.40. The summed E-state index contributed by atoms with van der Waals surface area (Å²) in [5, 5.41) is 4.68. The molecule has 3 amide bonds. The van der Waals surface area contributed by atoms with Crippen molar-refractivity contribution in [2.24, 2.45) is 0 Å². The molecule has 0 saturated heterocycles. The van der Waals surface area contributed by atoms with E-state index in [1.807, 2.05) is 0 Å². The van der Waals surface area contributed by atoms with Crippen molar-refractivity contribution >= 4 is 17.9 Å². The molecule has 0 radical (unpaired) electrons. The monoisotopic (exact) mass is 289 g/mol. The van der Waals surface area contributed by atoms with Gasteiger partial charge in [-0.2, -0.15) is 0 Å². The zero-order valence-corrected chi connectivity index (χ0v) is 12.2. The molecule has 0 unspecified atom stereocenters. The van der Waals surface area contributed by atoms with Gasteiger partial charge in [-0.25, -0.2) is 4.79 Å². The number of esters is 1. The maximum absolute atomic E-state index is 11.5. The number of nitrogens with zero attached hydrogens (tertiary/aromatic N) is 1. The van der Waals surface area contributed by atoms with Crippen molar-refractivity contribution in [3.05, 3.63) is 0 Å². The van der Waals surface area contributed by atoms with E-state index in [1.54, 1.807) is 11.9 Å². The number of urea groups is 1. The first-order valence-electron chi connectivity index (χ1n) is 6.31. The number of amides is 3. The Morgan fingerprint density at radius 2 is 1.90 bits per heavy atom. The predicted molar refractivity (Wildman–Crippen MR) is 72.2 cm³/mol. The Balaban J connectivity index is 3.73. The molecule has 8 heteroatoms. The molecule has 0 aromatic carbocycles. The van der Waals surface area contributed by atoms with Crippen molar-refractivity contribution in [1.29, 1.82) is 0 Å². The van der Waals surface area contributed by atoms with Crippen molar-refractivity contribution in [3.8, 4) is 0 Å². The minimum absolute atomic E-state index is 0.0822. The lowest BCUT2D eigenvalue weighted by molar-refractivity contribution is -0.140. The van der Waals surface area contributed by atoms with Crippen LogP contribution in [0.1, 0.15) is 12.8 Å². The van der Waals surface area contributed by atoms with E-state index in [1.165, 1.54) is 14.2 Å². The van der Waals surface area contributed by atoms with Gasteiger partial charge in [0.15, 0.2) is 0 Å². The van der Waals surface area contributed by atoms with Gasteiger partial charge in [0.25, 0.3) is 0 Å². The van der Waals surface area contributed by atoms with Crippen LogP contribution < -0.4 is 10.6 Å². The quantitative estimate of drug-likeness (QED) is 0.432. The molecule has 0 atom stereocenters. The highest BCUT2D eigenvalue weighted by Gasteiger charge is 2.10. The first-order valence-corrected chi connectivity index (χ1v) is 6.31. The lowest BCUT2D eigenvalue weighted by Crippen LogP contribution is -2.44. The molecule has 0 aliphatic heterocycles. The molecule has 0 bridgehead atoms. The summed E-state index contributed by atoms with van der Waals surface area (Å²) >= 11 is 0. The fraction of sp³-hybridized carbons (Fsp3) is 0.750. The Bertz CT molecular complexity index is 322. The number of carbonyl (C=O) groups excluding carboxylic acids is 3. The minimum Gasteiger partial charge on any atom is -0.469 e. The Kier molecular flexibility index (Phi) is 10.2. The minimum atomic E-state index is -0.546. The molecule has 0 heterocycles. The number of nitrogens with one attached hydrogen (secondary N) is 2. The van der Waals surface area contributed by atoms with Crippen LogP contribution in [0.3, 0.4) is 0 Å². The van der Waals surface area contributed by atoms with Gasteiger partial charge in [-0.15, -0.1) is 0 Å². The normalized spacial score (nSPS) is 10.2. The third-order valence-electron chi connectivity index (χ3n) is 2.41. The number of carbonyl (C=O) groups is 3. The summed E-state index contributed by atoms with van der Waals surface area (Å²) < 4.78 is 9.27. The summed E-state index contributed by atoms with van der Waals surface area (Å²) in [7, 11) is 4.59. The summed E-state index contributed by atoms with van der Waals surface area (Å²) in [6, 6.07) is -0.546. The highest BCUT2D eigenvalue weighted by Crippen LogP contribution is 1.94. The molecule has 0 fully saturated rings. The largest absolute Gasteiger partial charge is 0.469 e. The molecule has 0 aromatic heterocycles. The molecule has 20 heavy (non-hydrogen) atoms. The van der Waals surface area contributed by atoms with Crippen LogP contribution in [-0.4, -0.2) is 70.3 Å². The molecule has 0 aromatic rings. The molecule has 0 aliphatic carbocycles. The van der Waals surface area contributed by atoms with Gasteiger partial charge in [-0.3, -0.25) is 19.8 Å². The standard InChI is InChI=1S/C12H23N3O5/c1-15(7-4-5-11(17)20-3)9-10(16)14-12(18)13-6-8-19-2/h4-9H2,1-3H3,(H2,13,14,16,18). The third-order valence-corrected chi connectivity index (χ3v) is 2.41. The topological polar surface area (TPSA) is 97.0 Å². The van der Waals surface area contributed by atoms with Gasteiger partial charge in [-0.05, 0) is 20.0 Å². The number of hydrogen-bond donors (Lipinski definition) is 2. The van der Waals surface area contributed by atoms with Crippen molar-refractivity contribution in [1.82, 2.24) is 15.5 Å². The number of likely N-dealkylation sites (N-methyl/N-ethyl adjacent to an activating group) is 1. The van der Waals surface area contributed by atoms with E-state index >= 15 is 0 Å². The average Bonchev–Trinajstić information content (AvgIpc) is 2.38. The van der Waals surface area contributed by atoms with Gasteiger partial charge in [0.05, 0.1) is 20.3 Å². The van der Waals surface area contributed by atoms with E-state index in [9.17, 15) is 14.4 Å². The van der Waals surface area contributed by atoms with Gasteiger partial charge in [0, 0.05) is 20.1 Å². The lowest BCUT2D eigenvalue weighted by Gasteiger charge is -2.15. The van der Waals surface area contributed by atoms with Crippen LogP contribution in [-0.2, 0) is 19.1 Å². The Labute approximate surface area is 118 Å². The first kappa shape index (κ1) is 18.3. The van der Waals surface area contributed by atoms with Crippen LogP contribution >= 0.6 is 0 Å². The average molecular weight is 289 g/mol. The summed E-state index contributed by atoms with van der Waals surface area (Å²) in [6.45, 7) is 1.37. The second-order valence-electron chi connectivity index (χ2n) is 4.21. The fourth-order valence-corrected chi connectivity index (χ4v) is 1.40. The molecule has 0 rings (SSSR count). The SMILES string of the molecule is COCCNC(=O)NC(=O)CN(C)CCCC(=O)OC. The highest BCUT2D eigenvalue weighted by atomic mass is 16.5. The van der Waals surface area contributed by atoms with Crippen molar-refractivity contribution in [2.45, 2.75) is 12.8 Å². The number of rotatable bonds is 9. The Hall–Kier alpha value is -1.67. The van der Waals surface area contributed by atoms with Gasteiger partial charge in [0.2, 0.25) is 5.91 Å². The summed E-state index contributed by atoms with van der Waals surface area (Å²) in [4.78, 5) is 35.4. The highest BCUT2D eigenvalue weighted by molar-refractivity contribution is 5.95. The zero-order valence-electron chi connectivity index (χ0n) is 12.2. The number of imide groups is 1. The van der Waals surface area contributed by atoms with Crippen molar-refractivity contribution in [2.75, 3.05) is 47.5 Å². The van der Waals surface area contributed by atoms with E-state index in [4.69, 9.17) is 4.74 Å². The molecular weight excluding hydrogens is 266 g/mol. The van der Waals surface area contributed by atoms with E-state index in [0.29, 0.717) is 32.5 Å². The first-order chi connectivity index (χ1) is 9.49. The van der Waals surface area contributed by atoms with Gasteiger partial charge in [0.1, 0.15) is 0 Å². The molecule has 0 spiro atoms. The van der Waals surface area contributed by atoms with Crippen molar-refractivity contribution < 1.29 is 23.9 Å². The lowest BCUT2D eigenvalue weighted by atomic mass is 10.3. The molecular formula is C12H23N3O5. The summed E-state index contributed by atoms with van der Waals surface area (Å²) in [5.74, 6) is -0.680. The van der Waals surface area contributed by atoms with Crippen LogP contribution in [0.2, 0.25) is 0 Å². The Morgan fingerprint density at radius 1 is 1.20 bits per heavy atom. The predicted octanol–water partition coefficient (Wildman–Crippen LogP) is -0.656.